The molecule has 0 aliphatic carbocycles. The van der Waals surface area contributed by atoms with E-state index in [1.165, 1.54) is 6.21 Å². The highest BCUT2D eigenvalue weighted by Gasteiger charge is 2.00. The van der Waals surface area contributed by atoms with E-state index in [1.54, 1.807) is 19.5 Å². The molecule has 1 aromatic heterocycles. The molecule has 0 atom stereocenters. The molecular weight excluding hydrogens is 216 g/mol. The van der Waals surface area contributed by atoms with E-state index in [0.29, 0.717) is 0 Å². The maximum absolute atomic E-state index is 8.48. The van der Waals surface area contributed by atoms with Crippen molar-refractivity contribution in [1.29, 1.82) is 0 Å². The Hall–Kier alpha value is -2.36. The highest BCUT2D eigenvalue weighted by atomic mass is 16.5. The van der Waals surface area contributed by atoms with Crippen molar-refractivity contribution in [3.63, 3.8) is 0 Å². The fourth-order valence-electron chi connectivity index (χ4n) is 1.56. The van der Waals surface area contributed by atoms with Crippen molar-refractivity contribution >= 4 is 6.21 Å². The quantitative estimate of drug-likeness (QED) is 0.499. The van der Waals surface area contributed by atoms with Crippen LogP contribution in [0.4, 0.5) is 0 Å². The highest BCUT2D eigenvalue weighted by molar-refractivity contribution is 5.81. The molecule has 0 fully saturated rings. The predicted octanol–water partition coefficient (Wildman–Crippen LogP) is 2.57. The van der Waals surface area contributed by atoms with Gasteiger partial charge in [0.05, 0.1) is 13.3 Å². The van der Waals surface area contributed by atoms with E-state index >= 15 is 0 Å². The Labute approximate surface area is 99.2 Å². The van der Waals surface area contributed by atoms with Gasteiger partial charge in [0.15, 0.2) is 0 Å². The molecule has 4 heteroatoms. The molecule has 2 rings (SSSR count). The van der Waals surface area contributed by atoms with Crippen molar-refractivity contribution in [2.75, 3.05) is 7.11 Å². The maximum Gasteiger partial charge on any atom is 0.119 e. The molecule has 0 aliphatic heterocycles. The number of nitrogens with zero attached hydrogens (tertiary/aromatic N) is 2. The van der Waals surface area contributed by atoms with Crippen molar-refractivity contribution in [3.8, 4) is 16.9 Å². The topological polar surface area (TPSA) is 54.7 Å². The Morgan fingerprint density at radius 2 is 2.12 bits per heavy atom. The van der Waals surface area contributed by atoms with Crippen LogP contribution in [0, 0.1) is 0 Å². The summed E-state index contributed by atoms with van der Waals surface area (Å²) in [5.74, 6) is 0.795. The van der Waals surface area contributed by atoms with E-state index in [9.17, 15) is 0 Å². The third kappa shape index (κ3) is 2.60. The molecule has 86 valence electrons. The summed E-state index contributed by atoms with van der Waals surface area (Å²) in [6.45, 7) is 0. The molecule has 1 heterocycles. The van der Waals surface area contributed by atoms with Gasteiger partial charge in [-0.1, -0.05) is 17.3 Å². The molecule has 17 heavy (non-hydrogen) atoms. The van der Waals surface area contributed by atoms with Gasteiger partial charge in [-0.3, -0.25) is 4.98 Å². The van der Waals surface area contributed by atoms with Gasteiger partial charge in [0.25, 0.3) is 0 Å². The van der Waals surface area contributed by atoms with Crippen LogP contribution in [0.25, 0.3) is 11.1 Å². The highest BCUT2D eigenvalue weighted by Crippen LogP contribution is 2.23. The Morgan fingerprint density at radius 1 is 1.24 bits per heavy atom. The predicted molar refractivity (Wildman–Crippen MR) is 65.6 cm³/mol. The molecule has 0 bridgehead atoms. The third-order valence-electron chi connectivity index (χ3n) is 2.37. The number of benzene rings is 1. The summed E-state index contributed by atoms with van der Waals surface area (Å²) in [6.07, 6.45) is 4.73. The lowest BCUT2D eigenvalue weighted by Gasteiger charge is -2.04. The van der Waals surface area contributed by atoms with Gasteiger partial charge in [-0.15, -0.1) is 0 Å². The Kier molecular flexibility index (Phi) is 3.35. The van der Waals surface area contributed by atoms with Gasteiger partial charge in [-0.2, -0.15) is 0 Å². The van der Waals surface area contributed by atoms with Crippen LogP contribution in [-0.4, -0.2) is 23.5 Å². The minimum atomic E-state index is 0.743. The summed E-state index contributed by atoms with van der Waals surface area (Å²) in [5, 5.41) is 11.5. The van der Waals surface area contributed by atoms with E-state index < -0.39 is 0 Å². The summed E-state index contributed by atoms with van der Waals surface area (Å²) in [7, 11) is 1.63. The van der Waals surface area contributed by atoms with Gasteiger partial charge >= 0.3 is 0 Å². The zero-order chi connectivity index (χ0) is 12.1. The second-order valence-corrected chi connectivity index (χ2v) is 3.48. The zero-order valence-corrected chi connectivity index (χ0v) is 9.37. The molecule has 0 unspecified atom stereocenters. The Bertz CT molecular complexity index is 538. The van der Waals surface area contributed by atoms with E-state index in [0.717, 1.165) is 22.4 Å². The minimum Gasteiger partial charge on any atom is -0.497 e. The summed E-state index contributed by atoms with van der Waals surface area (Å²) in [5.41, 5.74) is 2.69. The first-order valence-corrected chi connectivity index (χ1v) is 5.10. The van der Waals surface area contributed by atoms with Crippen molar-refractivity contribution < 1.29 is 9.94 Å². The van der Waals surface area contributed by atoms with E-state index in [1.807, 2.05) is 30.3 Å². The maximum atomic E-state index is 8.48. The summed E-state index contributed by atoms with van der Waals surface area (Å²) >= 11 is 0. The number of ether oxygens (including phenoxy) is 1. The largest absolute Gasteiger partial charge is 0.497 e. The van der Waals surface area contributed by atoms with Crippen molar-refractivity contribution in [1.82, 2.24) is 4.98 Å². The first kappa shape index (κ1) is 11.1. The number of hydrogen-bond donors (Lipinski definition) is 1. The van der Waals surface area contributed by atoms with Gasteiger partial charge in [0, 0.05) is 23.5 Å². The summed E-state index contributed by atoms with van der Waals surface area (Å²) < 4.78 is 5.17. The van der Waals surface area contributed by atoms with Crippen LogP contribution in [-0.2, 0) is 0 Å². The number of pyridine rings is 1. The summed E-state index contributed by atoms with van der Waals surface area (Å²) in [6, 6.07) is 9.59. The van der Waals surface area contributed by atoms with Gasteiger partial charge < -0.3 is 9.94 Å². The van der Waals surface area contributed by atoms with E-state index in [-0.39, 0.29) is 0 Å². The fourth-order valence-corrected chi connectivity index (χ4v) is 1.56. The van der Waals surface area contributed by atoms with Crippen LogP contribution in [0.15, 0.2) is 47.9 Å². The first-order valence-electron chi connectivity index (χ1n) is 5.10. The van der Waals surface area contributed by atoms with Gasteiger partial charge in [0.2, 0.25) is 0 Å². The minimum absolute atomic E-state index is 0.743. The molecule has 1 aromatic carbocycles. The van der Waals surface area contributed by atoms with Crippen molar-refractivity contribution in [3.05, 3.63) is 48.3 Å². The molecule has 0 aliphatic rings. The van der Waals surface area contributed by atoms with Gasteiger partial charge in [0.1, 0.15) is 5.75 Å². The Morgan fingerprint density at radius 3 is 2.88 bits per heavy atom. The van der Waals surface area contributed by atoms with Crippen LogP contribution < -0.4 is 4.74 Å². The smallest absolute Gasteiger partial charge is 0.119 e. The second-order valence-electron chi connectivity index (χ2n) is 3.48. The normalized spacial score (nSPS) is 10.6. The molecule has 0 saturated carbocycles. The fraction of sp³-hybridized carbons (Fsp3) is 0.0769. The lowest BCUT2D eigenvalue weighted by Crippen LogP contribution is -1.87. The standard InChI is InChI=1S/C13H12N2O2/c1-17-13-4-2-3-11(6-13)12-5-10(8-15-16)7-14-9-12/h2-9,16H,1H3/b15-8+. The number of oxime groups is 1. The van der Waals surface area contributed by atoms with E-state index in [4.69, 9.17) is 9.94 Å². The molecular formula is C13H12N2O2. The molecule has 2 aromatic rings. The van der Waals surface area contributed by atoms with Crippen molar-refractivity contribution in [2.24, 2.45) is 5.16 Å². The number of rotatable bonds is 3. The monoisotopic (exact) mass is 228 g/mol. The lowest BCUT2D eigenvalue weighted by molar-refractivity contribution is 0.322. The number of methoxy groups -OCH3 is 1. The SMILES string of the molecule is COc1cccc(-c2cncc(/C=N/O)c2)c1. The van der Waals surface area contributed by atoms with Crippen LogP contribution in [0.3, 0.4) is 0 Å². The summed E-state index contributed by atoms with van der Waals surface area (Å²) in [4.78, 5) is 4.09. The molecule has 0 spiro atoms. The average Bonchev–Trinajstić information content (AvgIpc) is 2.40. The van der Waals surface area contributed by atoms with E-state index in [2.05, 4.69) is 10.1 Å². The number of hydrogen-bond acceptors (Lipinski definition) is 4. The molecule has 1 N–H and O–H groups in total. The van der Waals surface area contributed by atoms with Crippen molar-refractivity contribution in [2.45, 2.75) is 0 Å². The second kappa shape index (κ2) is 5.12. The third-order valence-corrected chi connectivity index (χ3v) is 2.37. The molecule has 0 saturated heterocycles. The average molecular weight is 228 g/mol. The van der Waals surface area contributed by atoms with Gasteiger partial charge in [-0.25, -0.2) is 0 Å². The Balaban J connectivity index is 2.41. The molecule has 0 radical (unpaired) electrons. The number of aromatic nitrogens is 1. The lowest BCUT2D eigenvalue weighted by atomic mass is 10.1. The first-order chi connectivity index (χ1) is 8.33. The molecule has 4 nitrogen and oxygen atoms in total. The van der Waals surface area contributed by atoms with Crippen LogP contribution in [0.2, 0.25) is 0 Å². The zero-order valence-electron chi connectivity index (χ0n) is 9.37. The van der Waals surface area contributed by atoms with Crippen LogP contribution in [0.1, 0.15) is 5.56 Å². The van der Waals surface area contributed by atoms with Crippen LogP contribution in [0.5, 0.6) is 5.75 Å². The molecule has 0 amide bonds. The van der Waals surface area contributed by atoms with Crippen LogP contribution >= 0.6 is 0 Å². The van der Waals surface area contributed by atoms with Gasteiger partial charge in [-0.05, 0) is 23.8 Å².